The maximum atomic E-state index is 6.10. The fraction of sp³-hybridized carbons (Fsp3) is 0.368. The molecule has 21 heavy (non-hydrogen) atoms. The maximum Gasteiger partial charge on any atom is 0.0410 e. The fourth-order valence-electron chi connectivity index (χ4n) is 2.47. The number of unbranched alkanes of at least 4 members (excludes halogenated alkanes) is 1. The molecule has 0 aliphatic heterocycles. The van der Waals surface area contributed by atoms with Gasteiger partial charge in [-0.3, -0.25) is 0 Å². The second kappa shape index (κ2) is 7.84. The quantitative estimate of drug-likeness (QED) is 0.771. The first-order valence-electron chi connectivity index (χ1n) is 7.94. The summed E-state index contributed by atoms with van der Waals surface area (Å²) < 4.78 is 0. The van der Waals surface area contributed by atoms with E-state index in [9.17, 15) is 0 Å². The number of hydrogen-bond donors (Lipinski definition) is 1. The van der Waals surface area contributed by atoms with Crippen molar-refractivity contribution in [3.8, 4) is 0 Å². The Morgan fingerprint density at radius 3 is 2.10 bits per heavy atom. The third-order valence-corrected chi connectivity index (χ3v) is 3.88. The highest BCUT2D eigenvalue weighted by atomic mass is 15.1. The van der Waals surface area contributed by atoms with Crippen molar-refractivity contribution >= 4 is 11.4 Å². The summed E-state index contributed by atoms with van der Waals surface area (Å²) in [4.78, 5) is 2.38. The number of para-hydroxylation sites is 1. The molecule has 0 aliphatic rings. The molecule has 0 radical (unpaired) electrons. The summed E-state index contributed by atoms with van der Waals surface area (Å²) in [5.74, 6) is 0. The van der Waals surface area contributed by atoms with Crippen LogP contribution in [0.2, 0.25) is 0 Å². The fourth-order valence-corrected chi connectivity index (χ4v) is 2.47. The third-order valence-electron chi connectivity index (χ3n) is 3.88. The molecule has 0 fully saturated rings. The molecule has 0 aromatic heterocycles. The SMILES string of the molecule is CCCCN(c1ccccc1)c1ccc([C@H](N)CC)cc1. The van der Waals surface area contributed by atoms with Gasteiger partial charge in [-0.15, -0.1) is 0 Å². The first-order chi connectivity index (χ1) is 10.3. The zero-order valence-corrected chi connectivity index (χ0v) is 13.1. The molecule has 0 unspecified atom stereocenters. The van der Waals surface area contributed by atoms with E-state index < -0.39 is 0 Å². The zero-order valence-electron chi connectivity index (χ0n) is 13.1. The maximum absolute atomic E-state index is 6.10. The van der Waals surface area contributed by atoms with Gasteiger partial charge in [0.25, 0.3) is 0 Å². The molecule has 0 heterocycles. The normalized spacial score (nSPS) is 12.1. The molecule has 2 heteroatoms. The monoisotopic (exact) mass is 282 g/mol. The van der Waals surface area contributed by atoms with Crippen molar-refractivity contribution in [3.05, 3.63) is 60.2 Å². The molecule has 0 saturated heterocycles. The second-order valence-electron chi connectivity index (χ2n) is 5.45. The molecule has 0 spiro atoms. The summed E-state index contributed by atoms with van der Waals surface area (Å²) >= 11 is 0. The van der Waals surface area contributed by atoms with Crippen molar-refractivity contribution in [2.45, 2.75) is 39.2 Å². The van der Waals surface area contributed by atoms with Crippen LogP contribution in [0.15, 0.2) is 54.6 Å². The van der Waals surface area contributed by atoms with Gasteiger partial charge < -0.3 is 10.6 Å². The Morgan fingerprint density at radius 2 is 1.52 bits per heavy atom. The zero-order chi connectivity index (χ0) is 15.1. The van der Waals surface area contributed by atoms with E-state index in [1.807, 2.05) is 0 Å². The van der Waals surface area contributed by atoms with Gasteiger partial charge in [-0.2, -0.15) is 0 Å². The van der Waals surface area contributed by atoms with Gasteiger partial charge in [0, 0.05) is 24.0 Å². The molecule has 0 amide bonds. The van der Waals surface area contributed by atoms with Gasteiger partial charge in [0.2, 0.25) is 0 Å². The molecule has 2 aromatic rings. The molecule has 112 valence electrons. The highest BCUT2D eigenvalue weighted by Crippen LogP contribution is 2.27. The highest BCUT2D eigenvalue weighted by Gasteiger charge is 2.09. The predicted molar refractivity (Wildman–Crippen MR) is 92.0 cm³/mol. The van der Waals surface area contributed by atoms with E-state index in [1.54, 1.807) is 0 Å². The molecule has 2 nitrogen and oxygen atoms in total. The van der Waals surface area contributed by atoms with Gasteiger partial charge in [-0.05, 0) is 42.7 Å². The third kappa shape index (κ3) is 4.08. The van der Waals surface area contributed by atoms with Crippen molar-refractivity contribution in [3.63, 3.8) is 0 Å². The van der Waals surface area contributed by atoms with Crippen molar-refractivity contribution in [1.29, 1.82) is 0 Å². The van der Waals surface area contributed by atoms with E-state index in [2.05, 4.69) is 73.3 Å². The van der Waals surface area contributed by atoms with Gasteiger partial charge in [0.15, 0.2) is 0 Å². The topological polar surface area (TPSA) is 29.3 Å². The van der Waals surface area contributed by atoms with Crippen molar-refractivity contribution < 1.29 is 0 Å². The lowest BCUT2D eigenvalue weighted by molar-refractivity contribution is 0.698. The van der Waals surface area contributed by atoms with Crippen molar-refractivity contribution in [2.75, 3.05) is 11.4 Å². The Bertz CT molecular complexity index is 519. The van der Waals surface area contributed by atoms with E-state index in [1.165, 1.54) is 29.8 Å². The van der Waals surface area contributed by atoms with Gasteiger partial charge in [-0.25, -0.2) is 0 Å². The smallest absolute Gasteiger partial charge is 0.0410 e. The predicted octanol–water partition coefficient (Wildman–Crippen LogP) is 5.03. The van der Waals surface area contributed by atoms with Crippen LogP contribution in [-0.4, -0.2) is 6.54 Å². The minimum absolute atomic E-state index is 0.139. The lowest BCUT2D eigenvalue weighted by Crippen LogP contribution is -2.18. The minimum Gasteiger partial charge on any atom is -0.341 e. The Kier molecular flexibility index (Phi) is 5.82. The van der Waals surface area contributed by atoms with E-state index >= 15 is 0 Å². The number of hydrogen-bond acceptors (Lipinski definition) is 2. The Labute approximate surface area is 128 Å². The van der Waals surface area contributed by atoms with Crippen LogP contribution in [0, 0.1) is 0 Å². The second-order valence-corrected chi connectivity index (χ2v) is 5.45. The van der Waals surface area contributed by atoms with Crippen molar-refractivity contribution in [1.82, 2.24) is 0 Å². The minimum atomic E-state index is 0.139. The number of benzene rings is 2. The number of nitrogens with zero attached hydrogens (tertiary/aromatic N) is 1. The lowest BCUT2D eigenvalue weighted by atomic mass is 10.0. The van der Waals surface area contributed by atoms with Crippen LogP contribution >= 0.6 is 0 Å². The first kappa shape index (κ1) is 15.6. The molecule has 0 aliphatic carbocycles. The average Bonchev–Trinajstić information content (AvgIpc) is 2.56. The lowest BCUT2D eigenvalue weighted by Gasteiger charge is -2.25. The highest BCUT2D eigenvalue weighted by molar-refractivity contribution is 5.63. The molecule has 2 N–H and O–H groups in total. The Balaban J connectivity index is 2.24. The summed E-state index contributed by atoms with van der Waals surface area (Å²) in [6.07, 6.45) is 3.35. The van der Waals surface area contributed by atoms with Gasteiger partial charge in [0.1, 0.15) is 0 Å². The number of rotatable bonds is 7. The molecule has 2 rings (SSSR count). The van der Waals surface area contributed by atoms with Crippen LogP contribution in [0.3, 0.4) is 0 Å². The van der Waals surface area contributed by atoms with Gasteiger partial charge in [0.05, 0.1) is 0 Å². The van der Waals surface area contributed by atoms with Crippen LogP contribution < -0.4 is 10.6 Å². The average molecular weight is 282 g/mol. The summed E-state index contributed by atoms with van der Waals surface area (Å²) in [7, 11) is 0. The number of anilines is 2. The van der Waals surface area contributed by atoms with Crippen LogP contribution in [0.5, 0.6) is 0 Å². The van der Waals surface area contributed by atoms with E-state index in [-0.39, 0.29) is 6.04 Å². The van der Waals surface area contributed by atoms with Crippen molar-refractivity contribution in [2.24, 2.45) is 5.73 Å². The van der Waals surface area contributed by atoms with Crippen LogP contribution in [-0.2, 0) is 0 Å². The van der Waals surface area contributed by atoms with E-state index in [4.69, 9.17) is 5.73 Å². The Hall–Kier alpha value is -1.80. The largest absolute Gasteiger partial charge is 0.341 e. The standard InChI is InChI=1S/C19H26N2/c1-3-5-15-21(17-9-7-6-8-10-17)18-13-11-16(12-14-18)19(20)4-2/h6-14,19H,3-5,15,20H2,1-2H3/t19-/m1/s1. The molecule has 0 bridgehead atoms. The first-order valence-corrected chi connectivity index (χ1v) is 7.94. The Morgan fingerprint density at radius 1 is 0.905 bits per heavy atom. The molecule has 0 saturated carbocycles. The van der Waals surface area contributed by atoms with E-state index in [0.29, 0.717) is 0 Å². The summed E-state index contributed by atoms with van der Waals surface area (Å²) in [6, 6.07) is 19.4. The molecular formula is C19H26N2. The van der Waals surface area contributed by atoms with Gasteiger partial charge in [-0.1, -0.05) is 50.6 Å². The van der Waals surface area contributed by atoms with E-state index in [0.717, 1.165) is 13.0 Å². The van der Waals surface area contributed by atoms with Crippen LogP contribution in [0.1, 0.15) is 44.7 Å². The summed E-state index contributed by atoms with van der Waals surface area (Å²) in [6.45, 7) is 5.39. The molecular weight excluding hydrogens is 256 g/mol. The molecule has 2 aromatic carbocycles. The number of nitrogens with two attached hydrogens (primary N) is 1. The molecule has 1 atom stereocenters. The van der Waals surface area contributed by atoms with Crippen LogP contribution in [0.25, 0.3) is 0 Å². The van der Waals surface area contributed by atoms with Crippen LogP contribution in [0.4, 0.5) is 11.4 Å². The summed E-state index contributed by atoms with van der Waals surface area (Å²) in [5, 5.41) is 0. The van der Waals surface area contributed by atoms with Gasteiger partial charge >= 0.3 is 0 Å². The summed E-state index contributed by atoms with van der Waals surface area (Å²) in [5.41, 5.74) is 9.80.